The number of pyridine rings is 1. The SMILES string of the molecule is CCn1ncc2c(NC3CC(C(=O)O)C3)c(C3=NOC4(CCC(C(N)=O)CC4)C3)cnc21. The topological polar surface area (TPSA) is 145 Å². The maximum Gasteiger partial charge on any atom is 0.306 e. The van der Waals surface area contributed by atoms with Crippen molar-refractivity contribution in [1.82, 2.24) is 14.8 Å². The summed E-state index contributed by atoms with van der Waals surface area (Å²) in [5, 5.41) is 22.6. The molecule has 3 heterocycles. The normalized spacial score (nSPS) is 29.4. The van der Waals surface area contributed by atoms with Crippen molar-refractivity contribution in [1.29, 1.82) is 0 Å². The predicted octanol–water partition coefficient (Wildman–Crippen LogP) is 2.26. The fourth-order valence-electron chi connectivity index (χ4n) is 5.14. The molecule has 5 rings (SSSR count). The number of carboxylic acid groups (broad SMARTS) is 1. The zero-order valence-electron chi connectivity index (χ0n) is 18.1. The fraction of sp³-hybridized carbons (Fsp3) is 0.591. The highest BCUT2D eigenvalue weighted by molar-refractivity contribution is 6.10. The molecule has 0 aromatic carbocycles. The van der Waals surface area contributed by atoms with Crippen molar-refractivity contribution in [3.8, 4) is 0 Å². The minimum absolute atomic E-state index is 0.0771. The van der Waals surface area contributed by atoms with Gasteiger partial charge in [0.1, 0.15) is 5.60 Å². The van der Waals surface area contributed by atoms with Gasteiger partial charge in [-0.25, -0.2) is 9.67 Å². The molecule has 1 aliphatic heterocycles. The number of nitrogens with one attached hydrogen (secondary N) is 1. The molecule has 0 bridgehead atoms. The monoisotopic (exact) mass is 440 g/mol. The van der Waals surface area contributed by atoms with Crippen molar-refractivity contribution in [3.05, 3.63) is 18.0 Å². The quantitative estimate of drug-likeness (QED) is 0.625. The number of nitrogens with two attached hydrogens (primary N) is 1. The Balaban J connectivity index is 1.41. The number of hydrogen-bond acceptors (Lipinski definition) is 7. The summed E-state index contributed by atoms with van der Waals surface area (Å²) in [6.45, 7) is 2.72. The van der Waals surface area contributed by atoms with E-state index in [9.17, 15) is 14.7 Å². The van der Waals surface area contributed by atoms with Crippen molar-refractivity contribution in [3.63, 3.8) is 0 Å². The first-order valence-corrected chi connectivity index (χ1v) is 11.3. The van der Waals surface area contributed by atoms with Gasteiger partial charge in [-0.1, -0.05) is 5.16 Å². The van der Waals surface area contributed by atoms with Gasteiger partial charge in [-0.3, -0.25) is 9.59 Å². The largest absolute Gasteiger partial charge is 0.481 e. The molecule has 0 unspecified atom stereocenters. The first-order valence-electron chi connectivity index (χ1n) is 11.3. The lowest BCUT2D eigenvalue weighted by Crippen LogP contribution is -2.40. The third-order valence-corrected chi connectivity index (χ3v) is 7.25. The van der Waals surface area contributed by atoms with Gasteiger partial charge in [-0.2, -0.15) is 5.10 Å². The smallest absolute Gasteiger partial charge is 0.306 e. The number of amides is 1. The summed E-state index contributed by atoms with van der Waals surface area (Å²) >= 11 is 0. The molecule has 0 radical (unpaired) electrons. The summed E-state index contributed by atoms with van der Waals surface area (Å²) < 4.78 is 1.84. The number of anilines is 1. The number of fused-ring (bicyclic) bond motifs is 1. The molecule has 10 heteroatoms. The van der Waals surface area contributed by atoms with Gasteiger partial charge in [0.15, 0.2) is 5.65 Å². The Kier molecular flexibility index (Phi) is 5.02. The molecule has 0 atom stereocenters. The van der Waals surface area contributed by atoms with Crippen LogP contribution in [0, 0.1) is 11.8 Å². The predicted molar refractivity (Wildman–Crippen MR) is 117 cm³/mol. The summed E-state index contributed by atoms with van der Waals surface area (Å²) in [6, 6.07) is 0.0771. The van der Waals surface area contributed by atoms with Crippen LogP contribution >= 0.6 is 0 Å². The third kappa shape index (κ3) is 3.47. The molecule has 2 fully saturated rings. The van der Waals surface area contributed by atoms with E-state index < -0.39 is 11.6 Å². The van der Waals surface area contributed by atoms with E-state index in [4.69, 9.17) is 10.6 Å². The average molecular weight is 441 g/mol. The number of oxime groups is 1. The standard InChI is InChI=1S/C22H28N6O4/c1-2-28-20-16(11-25-28)18(26-14-7-13(8-14)21(30)31)15(10-24-20)17-9-22(32-27-17)5-3-12(4-6-22)19(23)29/h10-14H,2-9H2,1H3,(H2,23,29)(H,24,26)(H,30,31). The van der Waals surface area contributed by atoms with Crippen molar-refractivity contribution < 1.29 is 19.5 Å². The Morgan fingerprint density at radius 2 is 2.03 bits per heavy atom. The average Bonchev–Trinajstić information content (AvgIpc) is 3.34. The lowest BCUT2D eigenvalue weighted by Gasteiger charge is -2.34. The Morgan fingerprint density at radius 3 is 2.69 bits per heavy atom. The lowest BCUT2D eigenvalue weighted by atomic mass is 9.75. The van der Waals surface area contributed by atoms with E-state index in [2.05, 4.69) is 20.6 Å². The van der Waals surface area contributed by atoms with E-state index in [1.807, 2.05) is 17.8 Å². The molecular weight excluding hydrogens is 412 g/mol. The second-order valence-corrected chi connectivity index (χ2v) is 9.26. The molecule has 2 aromatic heterocycles. The van der Waals surface area contributed by atoms with Gasteiger partial charge in [-0.15, -0.1) is 0 Å². The van der Waals surface area contributed by atoms with Crippen LogP contribution < -0.4 is 11.1 Å². The Labute approximate surface area is 185 Å². The molecule has 2 aliphatic carbocycles. The Hall–Kier alpha value is -3.17. The summed E-state index contributed by atoms with van der Waals surface area (Å²) in [5.74, 6) is -1.39. The van der Waals surface area contributed by atoms with Crippen molar-refractivity contribution >= 4 is 34.3 Å². The van der Waals surface area contributed by atoms with E-state index >= 15 is 0 Å². The minimum Gasteiger partial charge on any atom is -0.481 e. The lowest BCUT2D eigenvalue weighted by molar-refractivity contribution is -0.144. The second-order valence-electron chi connectivity index (χ2n) is 9.26. The van der Waals surface area contributed by atoms with E-state index in [1.165, 1.54) is 0 Å². The number of aryl methyl sites for hydroxylation is 1. The van der Waals surface area contributed by atoms with Crippen LogP contribution in [0.3, 0.4) is 0 Å². The van der Waals surface area contributed by atoms with Gasteiger partial charge in [0.25, 0.3) is 0 Å². The first kappa shape index (κ1) is 20.7. The van der Waals surface area contributed by atoms with E-state index in [1.54, 1.807) is 6.20 Å². The molecule has 3 aliphatic rings. The molecule has 2 saturated carbocycles. The summed E-state index contributed by atoms with van der Waals surface area (Å²) in [7, 11) is 0. The van der Waals surface area contributed by atoms with E-state index in [0.29, 0.717) is 38.6 Å². The molecule has 1 spiro atoms. The van der Waals surface area contributed by atoms with Crippen LogP contribution in [-0.4, -0.2) is 49.1 Å². The van der Waals surface area contributed by atoms with E-state index in [0.717, 1.165) is 40.8 Å². The molecule has 170 valence electrons. The van der Waals surface area contributed by atoms with Crippen LogP contribution in [0.4, 0.5) is 5.69 Å². The number of nitrogens with zero attached hydrogens (tertiary/aromatic N) is 4. The van der Waals surface area contributed by atoms with Crippen molar-refractivity contribution in [2.24, 2.45) is 22.7 Å². The van der Waals surface area contributed by atoms with Crippen molar-refractivity contribution in [2.75, 3.05) is 5.32 Å². The van der Waals surface area contributed by atoms with Crippen LogP contribution in [-0.2, 0) is 21.0 Å². The molecule has 32 heavy (non-hydrogen) atoms. The highest BCUT2D eigenvalue weighted by atomic mass is 16.7. The van der Waals surface area contributed by atoms with Crippen LogP contribution in [0.5, 0.6) is 0 Å². The van der Waals surface area contributed by atoms with Gasteiger partial charge in [0.05, 0.1) is 28.9 Å². The zero-order chi connectivity index (χ0) is 22.5. The number of aromatic nitrogens is 3. The molecule has 4 N–H and O–H groups in total. The van der Waals surface area contributed by atoms with Gasteiger partial charge in [-0.05, 0) is 45.4 Å². The molecule has 2 aromatic rings. The Bertz CT molecular complexity index is 1100. The van der Waals surface area contributed by atoms with Gasteiger partial charge in [0.2, 0.25) is 5.91 Å². The van der Waals surface area contributed by atoms with Crippen molar-refractivity contribution in [2.45, 2.75) is 70.1 Å². The summed E-state index contributed by atoms with van der Waals surface area (Å²) in [4.78, 5) is 33.4. The maximum absolute atomic E-state index is 11.5. The Morgan fingerprint density at radius 1 is 1.28 bits per heavy atom. The van der Waals surface area contributed by atoms with Crippen LogP contribution in [0.15, 0.2) is 17.5 Å². The zero-order valence-corrected chi connectivity index (χ0v) is 18.1. The molecular formula is C22H28N6O4. The number of rotatable bonds is 6. The second kappa shape index (κ2) is 7.75. The van der Waals surface area contributed by atoms with Crippen LogP contribution in [0.1, 0.15) is 57.4 Å². The number of aliphatic carboxylic acids is 1. The highest BCUT2D eigenvalue weighted by Crippen LogP contribution is 2.43. The number of carboxylic acids is 1. The van der Waals surface area contributed by atoms with Crippen LogP contribution in [0.25, 0.3) is 11.0 Å². The third-order valence-electron chi connectivity index (χ3n) is 7.25. The number of hydrogen-bond donors (Lipinski definition) is 3. The number of primary amides is 1. The van der Waals surface area contributed by atoms with E-state index in [-0.39, 0.29) is 23.8 Å². The minimum atomic E-state index is -0.746. The molecule has 10 nitrogen and oxygen atoms in total. The highest BCUT2D eigenvalue weighted by Gasteiger charge is 2.44. The van der Waals surface area contributed by atoms with Gasteiger partial charge in [0, 0.05) is 36.7 Å². The molecule has 0 saturated heterocycles. The number of carbonyl (C=O) groups is 2. The van der Waals surface area contributed by atoms with Gasteiger partial charge < -0.3 is 21.0 Å². The van der Waals surface area contributed by atoms with Crippen LogP contribution in [0.2, 0.25) is 0 Å². The summed E-state index contributed by atoms with van der Waals surface area (Å²) in [6.07, 6.45) is 8.32. The number of carbonyl (C=O) groups excluding carboxylic acids is 1. The molecule has 1 amide bonds. The first-order chi connectivity index (χ1) is 15.4. The van der Waals surface area contributed by atoms with Gasteiger partial charge >= 0.3 is 5.97 Å². The maximum atomic E-state index is 11.5. The fourth-order valence-corrected chi connectivity index (χ4v) is 5.14. The summed E-state index contributed by atoms with van der Waals surface area (Å²) in [5.41, 5.74) is 8.43.